The predicted molar refractivity (Wildman–Crippen MR) is 105 cm³/mol. The highest BCUT2D eigenvalue weighted by molar-refractivity contribution is 7.99. The highest BCUT2D eigenvalue weighted by atomic mass is 32.2. The van der Waals surface area contributed by atoms with Gasteiger partial charge in [-0.25, -0.2) is 0 Å². The number of rotatable bonds is 11. The Bertz CT molecular complexity index is 422. The number of aromatic hydroxyl groups is 1. The van der Waals surface area contributed by atoms with Gasteiger partial charge in [-0.15, -0.1) is 11.8 Å². The van der Waals surface area contributed by atoms with Gasteiger partial charge < -0.3 is 5.11 Å². The second-order valence-corrected chi connectivity index (χ2v) is 8.40. The quantitative estimate of drug-likeness (QED) is 0.334. The van der Waals surface area contributed by atoms with Crippen molar-refractivity contribution < 1.29 is 5.11 Å². The molecule has 0 radical (unpaired) electrons. The molecule has 0 bridgehead atoms. The second kappa shape index (κ2) is 11.0. The van der Waals surface area contributed by atoms with Crippen LogP contribution in [0.4, 0.5) is 0 Å². The van der Waals surface area contributed by atoms with Gasteiger partial charge in [-0.2, -0.15) is 0 Å². The Labute approximate surface area is 148 Å². The third-order valence-corrected chi connectivity index (χ3v) is 5.46. The van der Waals surface area contributed by atoms with E-state index >= 15 is 0 Å². The maximum Gasteiger partial charge on any atom is 0.122 e. The Morgan fingerprint density at radius 1 is 0.826 bits per heavy atom. The van der Waals surface area contributed by atoms with Crippen molar-refractivity contribution in [3.63, 3.8) is 0 Å². The molecule has 0 aliphatic carbocycles. The molecule has 0 aromatic heterocycles. The summed E-state index contributed by atoms with van der Waals surface area (Å²) in [6.07, 6.45) is 9.54. The number of phenols is 1. The van der Waals surface area contributed by atoms with Crippen LogP contribution in [0.2, 0.25) is 0 Å². The van der Waals surface area contributed by atoms with E-state index in [4.69, 9.17) is 0 Å². The van der Waals surface area contributed by atoms with Gasteiger partial charge in [0.2, 0.25) is 0 Å². The molecule has 2 heteroatoms. The molecule has 0 atom stereocenters. The number of unbranched alkanes of at least 4 members (excludes halogenated alkanes) is 6. The molecule has 0 aliphatic rings. The summed E-state index contributed by atoms with van der Waals surface area (Å²) in [6.45, 7) is 10.9. The van der Waals surface area contributed by atoms with E-state index in [1.54, 1.807) is 0 Å². The molecule has 1 N–H and O–H groups in total. The lowest BCUT2D eigenvalue weighted by Crippen LogP contribution is -1.96. The van der Waals surface area contributed by atoms with Gasteiger partial charge in [0.05, 0.1) is 0 Å². The Morgan fingerprint density at radius 2 is 1.30 bits per heavy atom. The highest BCUT2D eigenvalue weighted by Gasteiger charge is 2.15. The summed E-state index contributed by atoms with van der Waals surface area (Å²) < 4.78 is 0. The van der Waals surface area contributed by atoms with Crippen LogP contribution in [0.3, 0.4) is 0 Å². The topological polar surface area (TPSA) is 20.2 Å². The van der Waals surface area contributed by atoms with Gasteiger partial charge in [-0.05, 0) is 47.3 Å². The number of phenolic OH excluding ortho intramolecular Hbond substituents is 1. The van der Waals surface area contributed by atoms with Gasteiger partial charge in [-0.1, -0.05) is 73.1 Å². The lowest BCUT2D eigenvalue weighted by molar-refractivity contribution is 0.453. The molecule has 1 nitrogen and oxygen atoms in total. The summed E-state index contributed by atoms with van der Waals surface area (Å²) >= 11 is 1.95. The maximum atomic E-state index is 10.5. The van der Waals surface area contributed by atoms with Crippen LogP contribution in [0.25, 0.3) is 0 Å². The number of benzene rings is 1. The van der Waals surface area contributed by atoms with Crippen LogP contribution >= 0.6 is 11.8 Å². The summed E-state index contributed by atoms with van der Waals surface area (Å²) in [7, 11) is 0. The zero-order chi connectivity index (χ0) is 17.2. The third kappa shape index (κ3) is 7.20. The van der Waals surface area contributed by atoms with E-state index in [9.17, 15) is 5.11 Å². The molecular formula is C21H36OS. The van der Waals surface area contributed by atoms with Gasteiger partial charge >= 0.3 is 0 Å². The number of thioether (sulfide) groups is 1. The minimum atomic E-state index is 0.367. The molecule has 1 rings (SSSR count). The number of hydrogen-bond acceptors (Lipinski definition) is 2. The van der Waals surface area contributed by atoms with Crippen molar-refractivity contribution in [1.82, 2.24) is 0 Å². The molecule has 0 unspecified atom stereocenters. The van der Waals surface area contributed by atoms with E-state index in [1.807, 2.05) is 11.8 Å². The van der Waals surface area contributed by atoms with Crippen LogP contribution in [0.5, 0.6) is 5.75 Å². The fourth-order valence-electron chi connectivity index (χ4n) is 2.86. The van der Waals surface area contributed by atoms with E-state index in [0.29, 0.717) is 17.6 Å². The highest BCUT2D eigenvalue weighted by Crippen LogP contribution is 2.37. The Morgan fingerprint density at radius 3 is 1.78 bits per heavy atom. The van der Waals surface area contributed by atoms with Gasteiger partial charge in [0.25, 0.3) is 0 Å². The largest absolute Gasteiger partial charge is 0.507 e. The molecule has 0 saturated carbocycles. The van der Waals surface area contributed by atoms with Crippen molar-refractivity contribution in [2.45, 2.75) is 96.3 Å². The number of hydrogen-bond donors (Lipinski definition) is 1. The van der Waals surface area contributed by atoms with E-state index in [0.717, 1.165) is 11.1 Å². The molecule has 23 heavy (non-hydrogen) atoms. The molecule has 0 amide bonds. The van der Waals surface area contributed by atoms with Crippen LogP contribution in [-0.4, -0.2) is 10.9 Å². The Hall–Kier alpha value is -0.630. The van der Waals surface area contributed by atoms with Crippen LogP contribution in [0.15, 0.2) is 17.0 Å². The lowest BCUT2D eigenvalue weighted by atomic mass is 9.94. The van der Waals surface area contributed by atoms with Crippen LogP contribution < -0.4 is 0 Å². The molecule has 0 fully saturated rings. The average Bonchev–Trinajstić information content (AvgIpc) is 2.50. The summed E-state index contributed by atoms with van der Waals surface area (Å²) in [5.74, 6) is 2.43. The maximum absolute atomic E-state index is 10.5. The van der Waals surface area contributed by atoms with E-state index in [-0.39, 0.29) is 0 Å². The molecule has 0 heterocycles. The van der Waals surface area contributed by atoms with Crippen molar-refractivity contribution in [3.8, 4) is 5.75 Å². The zero-order valence-electron chi connectivity index (χ0n) is 15.8. The zero-order valence-corrected chi connectivity index (χ0v) is 16.6. The van der Waals surface area contributed by atoms with Crippen molar-refractivity contribution in [2.24, 2.45) is 0 Å². The molecular weight excluding hydrogens is 300 g/mol. The first-order valence-electron chi connectivity index (χ1n) is 9.46. The molecule has 0 saturated heterocycles. The van der Waals surface area contributed by atoms with Crippen LogP contribution in [0, 0.1) is 0 Å². The smallest absolute Gasteiger partial charge is 0.122 e. The average molecular weight is 337 g/mol. The summed E-state index contributed by atoms with van der Waals surface area (Å²) in [5, 5.41) is 10.5. The Kier molecular flexibility index (Phi) is 9.78. The van der Waals surface area contributed by atoms with E-state index in [1.165, 1.54) is 55.6 Å². The first-order chi connectivity index (χ1) is 11.0. The molecule has 0 aliphatic heterocycles. The first kappa shape index (κ1) is 20.4. The molecule has 1 aromatic rings. The monoisotopic (exact) mass is 336 g/mol. The van der Waals surface area contributed by atoms with Gasteiger partial charge in [0, 0.05) is 4.90 Å². The van der Waals surface area contributed by atoms with Crippen molar-refractivity contribution in [1.29, 1.82) is 0 Å². The van der Waals surface area contributed by atoms with E-state index < -0.39 is 0 Å². The standard InChI is InChI=1S/C21H36OS/c1-6-7-8-9-10-11-12-13-23-18-14-19(16(2)3)21(22)20(15-18)17(4)5/h14-17,22H,6-13H2,1-5H3. The fraction of sp³-hybridized carbons (Fsp3) is 0.714. The normalized spacial score (nSPS) is 11.6. The van der Waals surface area contributed by atoms with Crippen molar-refractivity contribution >= 4 is 11.8 Å². The lowest BCUT2D eigenvalue weighted by Gasteiger charge is -2.17. The summed E-state index contributed by atoms with van der Waals surface area (Å²) in [4.78, 5) is 1.32. The third-order valence-electron chi connectivity index (χ3n) is 4.40. The molecule has 132 valence electrons. The summed E-state index contributed by atoms with van der Waals surface area (Å²) in [5.41, 5.74) is 2.19. The second-order valence-electron chi connectivity index (χ2n) is 7.23. The van der Waals surface area contributed by atoms with Crippen LogP contribution in [0.1, 0.15) is 103 Å². The van der Waals surface area contributed by atoms with Crippen LogP contribution in [-0.2, 0) is 0 Å². The minimum Gasteiger partial charge on any atom is -0.507 e. The molecule has 1 aromatic carbocycles. The van der Waals surface area contributed by atoms with E-state index in [2.05, 4.69) is 46.8 Å². The SMILES string of the molecule is CCCCCCCCCSc1cc(C(C)C)c(O)c(C(C)C)c1. The molecule has 0 spiro atoms. The van der Waals surface area contributed by atoms with Gasteiger partial charge in [0.1, 0.15) is 5.75 Å². The van der Waals surface area contributed by atoms with Gasteiger partial charge in [-0.3, -0.25) is 0 Å². The van der Waals surface area contributed by atoms with Gasteiger partial charge in [0.15, 0.2) is 0 Å². The summed E-state index contributed by atoms with van der Waals surface area (Å²) in [6, 6.07) is 4.38. The fourth-order valence-corrected chi connectivity index (χ4v) is 3.87. The Balaban J connectivity index is 2.50. The van der Waals surface area contributed by atoms with Crippen molar-refractivity contribution in [3.05, 3.63) is 23.3 Å². The minimum absolute atomic E-state index is 0.367. The first-order valence-corrected chi connectivity index (χ1v) is 10.5. The predicted octanol–water partition coefficient (Wildman–Crippen LogP) is 7.48. The van der Waals surface area contributed by atoms with Crippen molar-refractivity contribution in [2.75, 3.05) is 5.75 Å².